The Morgan fingerprint density at radius 2 is 2.00 bits per heavy atom. The fourth-order valence-electron chi connectivity index (χ4n) is 2.97. The van der Waals surface area contributed by atoms with E-state index >= 15 is 0 Å². The Morgan fingerprint density at radius 1 is 1.23 bits per heavy atom. The molecule has 1 atom stereocenters. The molecule has 0 saturated carbocycles. The number of rotatable bonds is 2. The maximum Gasteiger partial charge on any atom is 0.221 e. The number of nitrogens with one attached hydrogen (secondary N) is 1. The zero-order valence-electron chi connectivity index (χ0n) is 12.7. The Labute approximate surface area is 135 Å². The molecule has 1 aliphatic rings. The van der Waals surface area contributed by atoms with Crippen LogP contribution in [0.3, 0.4) is 0 Å². The fraction of sp³-hybridized carbons (Fsp3) is 0.211. The highest BCUT2D eigenvalue weighted by Crippen LogP contribution is 2.38. The predicted molar refractivity (Wildman–Crippen MR) is 90.9 cm³/mol. The van der Waals surface area contributed by atoms with E-state index < -0.39 is 0 Å². The summed E-state index contributed by atoms with van der Waals surface area (Å²) in [6.45, 7) is 3.55. The number of aryl methyl sites for hydroxylation is 1. The van der Waals surface area contributed by atoms with Crippen LogP contribution in [0.15, 0.2) is 48.5 Å². The standard InChI is InChI=1S/C19H18ClNO/c1-12-7-8-14(11-18(12)20)15-9-10-19(21-13(2)22)17-6-4-3-5-16(15)17/h3-8,10-11,15H,9H2,1-2H3,(H,21,22). The minimum absolute atomic E-state index is 0.0436. The van der Waals surface area contributed by atoms with E-state index in [4.69, 9.17) is 11.6 Å². The van der Waals surface area contributed by atoms with Gasteiger partial charge in [-0.1, -0.05) is 54.1 Å². The topological polar surface area (TPSA) is 29.1 Å². The number of fused-ring (bicyclic) bond motifs is 1. The van der Waals surface area contributed by atoms with E-state index in [0.717, 1.165) is 28.3 Å². The molecule has 3 heteroatoms. The van der Waals surface area contributed by atoms with Gasteiger partial charge in [0.1, 0.15) is 0 Å². The zero-order valence-corrected chi connectivity index (χ0v) is 13.4. The molecule has 0 saturated heterocycles. The molecule has 3 rings (SSSR count). The molecule has 0 heterocycles. The van der Waals surface area contributed by atoms with Crippen LogP contribution in [0.2, 0.25) is 5.02 Å². The molecule has 2 aromatic rings. The molecule has 1 unspecified atom stereocenters. The zero-order chi connectivity index (χ0) is 15.7. The normalized spacial score (nSPS) is 16.7. The van der Waals surface area contributed by atoms with Crippen molar-refractivity contribution in [3.05, 3.63) is 75.8 Å². The lowest BCUT2D eigenvalue weighted by molar-refractivity contribution is -0.117. The highest BCUT2D eigenvalue weighted by molar-refractivity contribution is 6.31. The monoisotopic (exact) mass is 311 g/mol. The van der Waals surface area contributed by atoms with Crippen LogP contribution in [0.5, 0.6) is 0 Å². The molecule has 1 N–H and O–H groups in total. The molecule has 22 heavy (non-hydrogen) atoms. The van der Waals surface area contributed by atoms with Crippen molar-refractivity contribution >= 4 is 23.2 Å². The largest absolute Gasteiger partial charge is 0.326 e. The molecular weight excluding hydrogens is 294 g/mol. The van der Waals surface area contributed by atoms with E-state index in [0.29, 0.717) is 0 Å². The maximum atomic E-state index is 11.4. The van der Waals surface area contributed by atoms with Gasteiger partial charge in [0.05, 0.1) is 0 Å². The minimum atomic E-state index is -0.0436. The van der Waals surface area contributed by atoms with Crippen molar-refractivity contribution in [1.29, 1.82) is 0 Å². The number of benzene rings is 2. The maximum absolute atomic E-state index is 11.4. The molecule has 0 fully saturated rings. The van der Waals surface area contributed by atoms with Crippen molar-refractivity contribution in [3.63, 3.8) is 0 Å². The lowest BCUT2D eigenvalue weighted by atomic mass is 9.81. The summed E-state index contributed by atoms with van der Waals surface area (Å²) in [6.07, 6.45) is 2.95. The third-order valence-corrected chi connectivity index (χ3v) is 4.50. The van der Waals surface area contributed by atoms with Gasteiger partial charge < -0.3 is 5.32 Å². The van der Waals surface area contributed by atoms with E-state index in [9.17, 15) is 4.79 Å². The van der Waals surface area contributed by atoms with Gasteiger partial charge >= 0.3 is 0 Å². The van der Waals surface area contributed by atoms with Gasteiger partial charge in [0, 0.05) is 29.1 Å². The first kappa shape index (κ1) is 14.9. The van der Waals surface area contributed by atoms with E-state index in [2.05, 4.69) is 41.7 Å². The number of allylic oxidation sites excluding steroid dienone is 1. The summed E-state index contributed by atoms with van der Waals surface area (Å²) >= 11 is 6.29. The molecule has 0 bridgehead atoms. The Bertz CT molecular complexity index is 764. The molecule has 0 radical (unpaired) electrons. The van der Waals surface area contributed by atoms with Gasteiger partial charge in [-0.15, -0.1) is 0 Å². The van der Waals surface area contributed by atoms with E-state index in [1.165, 1.54) is 18.1 Å². The number of hydrogen-bond acceptors (Lipinski definition) is 1. The molecular formula is C19H18ClNO. The van der Waals surface area contributed by atoms with Gasteiger partial charge in [-0.25, -0.2) is 0 Å². The van der Waals surface area contributed by atoms with Crippen molar-refractivity contribution in [3.8, 4) is 0 Å². The van der Waals surface area contributed by atoms with Gasteiger partial charge in [0.2, 0.25) is 5.91 Å². The molecule has 1 amide bonds. The van der Waals surface area contributed by atoms with Crippen molar-refractivity contribution < 1.29 is 4.79 Å². The smallest absolute Gasteiger partial charge is 0.221 e. The van der Waals surface area contributed by atoms with Crippen LogP contribution in [0, 0.1) is 6.92 Å². The third kappa shape index (κ3) is 2.79. The molecule has 0 aliphatic heterocycles. The number of amides is 1. The quantitative estimate of drug-likeness (QED) is 0.858. The lowest BCUT2D eigenvalue weighted by Crippen LogP contribution is -2.22. The van der Waals surface area contributed by atoms with Crippen molar-refractivity contribution in [2.75, 3.05) is 0 Å². The van der Waals surface area contributed by atoms with Crippen LogP contribution in [0.1, 0.15) is 41.5 Å². The fourth-order valence-corrected chi connectivity index (χ4v) is 3.16. The van der Waals surface area contributed by atoms with Crippen molar-refractivity contribution in [2.45, 2.75) is 26.2 Å². The SMILES string of the molecule is CC(=O)NC1=CCC(c2ccc(C)c(Cl)c2)c2ccccc21. The summed E-state index contributed by atoms with van der Waals surface area (Å²) in [5, 5.41) is 3.72. The number of carbonyl (C=O) groups is 1. The second-order valence-corrected chi connectivity index (χ2v) is 6.09. The molecule has 2 aromatic carbocycles. The van der Waals surface area contributed by atoms with Gasteiger partial charge in [0.25, 0.3) is 0 Å². The second kappa shape index (κ2) is 5.98. The Morgan fingerprint density at radius 3 is 2.73 bits per heavy atom. The van der Waals surface area contributed by atoms with Gasteiger partial charge in [-0.3, -0.25) is 4.79 Å². The second-order valence-electron chi connectivity index (χ2n) is 5.68. The van der Waals surface area contributed by atoms with Crippen LogP contribution >= 0.6 is 11.6 Å². The number of halogens is 1. The Balaban J connectivity index is 2.04. The van der Waals surface area contributed by atoms with Crippen LogP contribution in [0.4, 0.5) is 0 Å². The minimum Gasteiger partial charge on any atom is -0.326 e. The van der Waals surface area contributed by atoms with Crippen molar-refractivity contribution in [2.24, 2.45) is 0 Å². The summed E-state index contributed by atoms with van der Waals surface area (Å²) < 4.78 is 0. The summed E-state index contributed by atoms with van der Waals surface area (Å²) in [6, 6.07) is 14.5. The average molecular weight is 312 g/mol. The van der Waals surface area contributed by atoms with E-state index in [1.54, 1.807) is 0 Å². The summed E-state index contributed by atoms with van der Waals surface area (Å²) in [5.74, 6) is 0.227. The van der Waals surface area contributed by atoms with Gasteiger partial charge in [-0.05, 0) is 36.1 Å². The Hall–Kier alpha value is -2.06. The molecule has 0 spiro atoms. The lowest BCUT2D eigenvalue weighted by Gasteiger charge is -2.26. The highest BCUT2D eigenvalue weighted by atomic mass is 35.5. The van der Waals surface area contributed by atoms with Gasteiger partial charge in [-0.2, -0.15) is 0 Å². The van der Waals surface area contributed by atoms with Crippen LogP contribution in [-0.2, 0) is 4.79 Å². The number of hydrogen-bond donors (Lipinski definition) is 1. The third-order valence-electron chi connectivity index (χ3n) is 4.09. The van der Waals surface area contributed by atoms with E-state index in [1.807, 2.05) is 19.1 Å². The average Bonchev–Trinajstić information content (AvgIpc) is 2.50. The van der Waals surface area contributed by atoms with Crippen LogP contribution < -0.4 is 5.32 Å². The molecule has 1 aliphatic carbocycles. The first-order valence-electron chi connectivity index (χ1n) is 7.39. The molecule has 112 valence electrons. The first-order chi connectivity index (χ1) is 10.6. The first-order valence-corrected chi connectivity index (χ1v) is 7.77. The molecule has 2 nitrogen and oxygen atoms in total. The highest BCUT2D eigenvalue weighted by Gasteiger charge is 2.23. The van der Waals surface area contributed by atoms with E-state index in [-0.39, 0.29) is 11.8 Å². The van der Waals surface area contributed by atoms with Crippen LogP contribution in [0.25, 0.3) is 5.70 Å². The Kier molecular flexibility index (Phi) is 4.04. The summed E-state index contributed by atoms with van der Waals surface area (Å²) in [5.41, 5.74) is 5.52. The molecule has 0 aromatic heterocycles. The van der Waals surface area contributed by atoms with Crippen molar-refractivity contribution in [1.82, 2.24) is 5.32 Å². The van der Waals surface area contributed by atoms with Crippen LogP contribution in [-0.4, -0.2) is 5.91 Å². The summed E-state index contributed by atoms with van der Waals surface area (Å²) in [4.78, 5) is 11.4. The predicted octanol–water partition coefficient (Wildman–Crippen LogP) is 4.66. The summed E-state index contributed by atoms with van der Waals surface area (Å²) in [7, 11) is 0. The number of carbonyl (C=O) groups excluding carboxylic acids is 1. The van der Waals surface area contributed by atoms with Gasteiger partial charge in [0.15, 0.2) is 0 Å².